The van der Waals surface area contributed by atoms with E-state index in [0.717, 1.165) is 36.8 Å². The van der Waals surface area contributed by atoms with E-state index in [0.29, 0.717) is 37.5 Å². The van der Waals surface area contributed by atoms with Crippen LogP contribution in [0, 0.1) is 5.41 Å². The number of halogens is 3. The lowest BCUT2D eigenvalue weighted by molar-refractivity contribution is -0.274. The largest absolute Gasteiger partial charge is 0.573 e. The van der Waals surface area contributed by atoms with Gasteiger partial charge in [-0.2, -0.15) is 0 Å². The second-order valence-corrected chi connectivity index (χ2v) is 9.65. The summed E-state index contributed by atoms with van der Waals surface area (Å²) in [6.07, 6.45) is -2.39. The molecular weight excluding hydrogens is 505 g/mol. The minimum absolute atomic E-state index is 0.0554. The standard InChI is InChI=1S/C27H27F3N2O6/c1-35-21-4-2-3-18-15-22(37-24(18)21)25(34)31-12-9-26(10-13-31)11-14-32(17-26)23(33)16-36-19-5-7-20(8-6-19)38-27(28,29)30/h2-8,15H,9-14,16-17H2,1H3. The third-order valence-electron chi connectivity index (χ3n) is 7.26. The molecule has 38 heavy (non-hydrogen) atoms. The average Bonchev–Trinajstić information content (AvgIpc) is 3.52. The number of hydrogen-bond donors (Lipinski definition) is 0. The van der Waals surface area contributed by atoms with Crippen molar-refractivity contribution < 1.29 is 41.4 Å². The molecule has 1 aromatic heterocycles. The fraction of sp³-hybridized carbons (Fsp3) is 0.407. The van der Waals surface area contributed by atoms with Crippen LogP contribution in [0.25, 0.3) is 11.0 Å². The summed E-state index contributed by atoms with van der Waals surface area (Å²) in [4.78, 5) is 29.4. The van der Waals surface area contributed by atoms with Crippen LogP contribution in [0.1, 0.15) is 29.8 Å². The second-order valence-electron chi connectivity index (χ2n) is 9.65. The summed E-state index contributed by atoms with van der Waals surface area (Å²) in [5.74, 6) is 0.417. The summed E-state index contributed by atoms with van der Waals surface area (Å²) in [5.41, 5.74) is 0.490. The van der Waals surface area contributed by atoms with Gasteiger partial charge < -0.3 is 28.4 Å². The van der Waals surface area contributed by atoms with Crippen molar-refractivity contribution in [1.82, 2.24) is 9.80 Å². The molecule has 2 amide bonds. The zero-order valence-corrected chi connectivity index (χ0v) is 20.8. The molecule has 2 aliphatic rings. The van der Waals surface area contributed by atoms with Crippen molar-refractivity contribution >= 4 is 22.8 Å². The van der Waals surface area contributed by atoms with Crippen LogP contribution in [0.3, 0.4) is 0 Å². The van der Waals surface area contributed by atoms with Crippen molar-refractivity contribution in [2.24, 2.45) is 5.41 Å². The molecule has 0 bridgehead atoms. The van der Waals surface area contributed by atoms with Crippen LogP contribution < -0.4 is 14.2 Å². The number of amides is 2. The Labute approximate surface area is 216 Å². The Balaban J connectivity index is 1.12. The van der Waals surface area contributed by atoms with Gasteiger partial charge in [-0.05, 0) is 61.1 Å². The number of carbonyl (C=O) groups excluding carboxylic acids is 2. The number of para-hydroxylation sites is 1. The summed E-state index contributed by atoms with van der Waals surface area (Å²) < 4.78 is 57.3. The Kier molecular flexibility index (Phi) is 6.85. The number of rotatable bonds is 6. The van der Waals surface area contributed by atoms with Crippen molar-refractivity contribution in [1.29, 1.82) is 0 Å². The van der Waals surface area contributed by atoms with E-state index in [2.05, 4.69) is 4.74 Å². The quantitative estimate of drug-likeness (QED) is 0.451. The fourth-order valence-corrected chi connectivity index (χ4v) is 5.17. The number of piperidine rings is 1. The van der Waals surface area contributed by atoms with E-state index >= 15 is 0 Å². The molecule has 0 N–H and O–H groups in total. The second kappa shape index (κ2) is 10.1. The molecule has 0 saturated carbocycles. The number of benzene rings is 2. The highest BCUT2D eigenvalue weighted by atomic mass is 19.4. The maximum absolute atomic E-state index is 13.1. The highest BCUT2D eigenvalue weighted by Crippen LogP contribution is 2.41. The molecule has 2 aromatic carbocycles. The van der Waals surface area contributed by atoms with Gasteiger partial charge in [0.2, 0.25) is 0 Å². The fourth-order valence-electron chi connectivity index (χ4n) is 5.17. The van der Waals surface area contributed by atoms with E-state index in [1.54, 1.807) is 29.0 Å². The van der Waals surface area contributed by atoms with Crippen LogP contribution in [0.15, 0.2) is 52.9 Å². The summed E-state index contributed by atoms with van der Waals surface area (Å²) in [6, 6.07) is 12.1. The molecule has 3 heterocycles. The summed E-state index contributed by atoms with van der Waals surface area (Å²) in [6.45, 7) is 2.10. The van der Waals surface area contributed by atoms with E-state index in [4.69, 9.17) is 13.9 Å². The van der Waals surface area contributed by atoms with Crippen molar-refractivity contribution in [3.63, 3.8) is 0 Å². The number of nitrogens with zero attached hydrogens (tertiary/aromatic N) is 2. The van der Waals surface area contributed by atoms with Crippen molar-refractivity contribution in [2.75, 3.05) is 39.9 Å². The number of alkyl halides is 3. The minimum Gasteiger partial charge on any atom is -0.493 e. The number of ether oxygens (including phenoxy) is 3. The molecule has 2 fully saturated rings. The smallest absolute Gasteiger partial charge is 0.493 e. The number of fused-ring (bicyclic) bond motifs is 1. The van der Waals surface area contributed by atoms with Crippen molar-refractivity contribution in [3.8, 4) is 17.2 Å². The van der Waals surface area contributed by atoms with Gasteiger partial charge in [0.25, 0.3) is 11.8 Å². The highest BCUT2D eigenvalue weighted by molar-refractivity contribution is 5.97. The molecule has 8 nitrogen and oxygen atoms in total. The summed E-state index contributed by atoms with van der Waals surface area (Å²) in [7, 11) is 1.55. The molecule has 3 aromatic rings. The molecule has 2 aliphatic heterocycles. The zero-order valence-electron chi connectivity index (χ0n) is 20.8. The van der Waals surface area contributed by atoms with Crippen LogP contribution in [0.4, 0.5) is 13.2 Å². The number of carbonyl (C=O) groups is 2. The van der Waals surface area contributed by atoms with E-state index in [1.165, 1.54) is 12.1 Å². The van der Waals surface area contributed by atoms with Crippen LogP contribution in [-0.2, 0) is 4.79 Å². The normalized spacial score (nSPS) is 17.2. The lowest BCUT2D eigenvalue weighted by Gasteiger charge is -2.38. The lowest BCUT2D eigenvalue weighted by Crippen LogP contribution is -2.45. The summed E-state index contributed by atoms with van der Waals surface area (Å²) >= 11 is 0. The van der Waals surface area contributed by atoms with Crippen molar-refractivity contribution in [2.45, 2.75) is 25.6 Å². The first-order valence-corrected chi connectivity index (χ1v) is 12.3. The number of hydrogen-bond acceptors (Lipinski definition) is 6. The molecule has 0 aliphatic carbocycles. The minimum atomic E-state index is -4.77. The van der Waals surface area contributed by atoms with E-state index < -0.39 is 6.36 Å². The molecule has 0 unspecified atom stereocenters. The van der Waals surface area contributed by atoms with Gasteiger partial charge >= 0.3 is 6.36 Å². The first-order chi connectivity index (χ1) is 18.1. The Morgan fingerprint density at radius 1 is 0.974 bits per heavy atom. The Bertz CT molecular complexity index is 1310. The molecular formula is C27H27F3N2O6. The number of furan rings is 1. The third-order valence-corrected chi connectivity index (χ3v) is 7.26. The molecule has 2 saturated heterocycles. The SMILES string of the molecule is COc1cccc2cc(C(=O)N3CCC4(CCN(C(=O)COc5ccc(OC(F)(F)F)cc5)C4)CC3)oc12. The van der Waals surface area contributed by atoms with Gasteiger partial charge in [0.15, 0.2) is 23.7 Å². The predicted octanol–water partition coefficient (Wildman–Crippen LogP) is 4.87. The highest BCUT2D eigenvalue weighted by Gasteiger charge is 2.43. The van der Waals surface area contributed by atoms with Crippen LogP contribution in [-0.4, -0.2) is 67.9 Å². The van der Waals surface area contributed by atoms with Crippen LogP contribution in [0.2, 0.25) is 0 Å². The monoisotopic (exact) mass is 532 g/mol. The molecule has 1 spiro atoms. The molecule has 0 atom stereocenters. The molecule has 11 heteroatoms. The van der Waals surface area contributed by atoms with Gasteiger partial charge in [0.1, 0.15) is 11.5 Å². The van der Waals surface area contributed by atoms with Gasteiger partial charge in [-0.1, -0.05) is 12.1 Å². The van der Waals surface area contributed by atoms with Gasteiger partial charge in [-0.15, -0.1) is 13.2 Å². The Hall–Kier alpha value is -3.89. The van der Waals surface area contributed by atoms with Crippen molar-refractivity contribution in [3.05, 3.63) is 54.3 Å². The predicted molar refractivity (Wildman–Crippen MR) is 130 cm³/mol. The van der Waals surface area contributed by atoms with Gasteiger partial charge in [-0.3, -0.25) is 9.59 Å². The first kappa shape index (κ1) is 25.7. The van der Waals surface area contributed by atoms with Gasteiger partial charge in [0, 0.05) is 31.6 Å². The van der Waals surface area contributed by atoms with Gasteiger partial charge in [0.05, 0.1) is 7.11 Å². The number of likely N-dealkylation sites (tertiary alicyclic amines) is 2. The maximum atomic E-state index is 13.1. The molecule has 5 rings (SSSR count). The van der Waals surface area contributed by atoms with Gasteiger partial charge in [-0.25, -0.2) is 0 Å². The molecule has 0 radical (unpaired) electrons. The zero-order chi connectivity index (χ0) is 26.9. The number of methoxy groups -OCH3 is 1. The topological polar surface area (TPSA) is 81.5 Å². The first-order valence-electron chi connectivity index (χ1n) is 12.3. The van der Waals surface area contributed by atoms with Crippen LogP contribution >= 0.6 is 0 Å². The third kappa shape index (κ3) is 5.51. The summed E-state index contributed by atoms with van der Waals surface area (Å²) in [5, 5.41) is 0.805. The lowest BCUT2D eigenvalue weighted by atomic mass is 9.77. The Morgan fingerprint density at radius 3 is 2.29 bits per heavy atom. The maximum Gasteiger partial charge on any atom is 0.573 e. The van der Waals surface area contributed by atoms with Crippen LogP contribution in [0.5, 0.6) is 17.2 Å². The Morgan fingerprint density at radius 2 is 1.63 bits per heavy atom. The van der Waals surface area contributed by atoms with E-state index in [1.807, 2.05) is 12.1 Å². The molecule has 202 valence electrons. The van der Waals surface area contributed by atoms with E-state index in [9.17, 15) is 22.8 Å². The van der Waals surface area contributed by atoms with E-state index in [-0.39, 0.29) is 41.1 Å². The average molecular weight is 533 g/mol.